The van der Waals surface area contributed by atoms with Crippen LogP contribution in [0.2, 0.25) is 0 Å². The van der Waals surface area contributed by atoms with Crippen molar-refractivity contribution in [2.45, 2.75) is 52.9 Å². The number of ether oxygens (including phenoxy) is 1. The number of thiophene rings is 1. The van der Waals surface area contributed by atoms with Gasteiger partial charge in [-0.25, -0.2) is 15.0 Å². The zero-order chi connectivity index (χ0) is 16.7. The van der Waals surface area contributed by atoms with Crippen molar-refractivity contribution in [1.29, 1.82) is 0 Å². The highest BCUT2D eigenvalue weighted by molar-refractivity contribution is 7.25. The summed E-state index contributed by atoms with van der Waals surface area (Å²) in [5.41, 5.74) is 5.29. The van der Waals surface area contributed by atoms with Crippen LogP contribution in [0.3, 0.4) is 0 Å². The summed E-state index contributed by atoms with van der Waals surface area (Å²) < 4.78 is 6.76. The Labute approximate surface area is 146 Å². The number of aryl methyl sites for hydroxylation is 1. The maximum absolute atomic E-state index is 5.72. The molecule has 0 N–H and O–H groups in total. The van der Waals surface area contributed by atoms with Gasteiger partial charge >= 0.3 is 0 Å². The number of fused-ring (bicyclic) bond motifs is 5. The molecular formula is C19H23N3OS. The van der Waals surface area contributed by atoms with Gasteiger partial charge in [0, 0.05) is 11.1 Å². The van der Waals surface area contributed by atoms with Crippen LogP contribution in [0.4, 0.5) is 0 Å². The van der Waals surface area contributed by atoms with Crippen molar-refractivity contribution in [1.82, 2.24) is 15.0 Å². The second-order valence-corrected chi connectivity index (χ2v) is 7.89. The Morgan fingerprint density at radius 2 is 1.96 bits per heavy atom. The molecule has 126 valence electrons. The number of hydrogen-bond acceptors (Lipinski definition) is 5. The molecule has 0 aromatic carbocycles. The van der Waals surface area contributed by atoms with E-state index in [0.29, 0.717) is 18.4 Å². The average molecular weight is 341 g/mol. The Balaban J connectivity index is 2.03. The van der Waals surface area contributed by atoms with Crippen LogP contribution in [-0.2, 0) is 19.3 Å². The monoisotopic (exact) mass is 341 g/mol. The normalized spacial score (nSPS) is 14.5. The largest absolute Gasteiger partial charge is 0.477 e. The van der Waals surface area contributed by atoms with Gasteiger partial charge in [-0.15, -0.1) is 11.3 Å². The van der Waals surface area contributed by atoms with Crippen molar-refractivity contribution < 1.29 is 4.74 Å². The van der Waals surface area contributed by atoms with Crippen molar-refractivity contribution in [3.8, 4) is 5.88 Å². The number of rotatable bonds is 4. The maximum Gasteiger partial charge on any atom is 0.234 e. The molecule has 1 aliphatic carbocycles. The second kappa shape index (κ2) is 6.28. The lowest BCUT2D eigenvalue weighted by molar-refractivity contribution is 0.331. The average Bonchev–Trinajstić information content (AvgIpc) is 2.94. The highest BCUT2D eigenvalue weighted by atomic mass is 32.1. The van der Waals surface area contributed by atoms with Gasteiger partial charge in [-0.2, -0.15) is 0 Å². The fourth-order valence-corrected chi connectivity index (χ4v) is 4.83. The molecule has 4 rings (SSSR count). The third kappa shape index (κ3) is 2.55. The van der Waals surface area contributed by atoms with Gasteiger partial charge in [0.05, 0.1) is 12.1 Å². The molecule has 5 heteroatoms. The summed E-state index contributed by atoms with van der Waals surface area (Å²) in [5, 5.41) is 1.25. The van der Waals surface area contributed by atoms with Crippen LogP contribution in [0.1, 0.15) is 50.4 Å². The van der Waals surface area contributed by atoms with E-state index in [9.17, 15) is 0 Å². The molecule has 3 aromatic heterocycles. The summed E-state index contributed by atoms with van der Waals surface area (Å²) in [6.45, 7) is 7.14. The van der Waals surface area contributed by atoms with E-state index in [4.69, 9.17) is 9.72 Å². The molecule has 0 saturated heterocycles. The third-order valence-electron chi connectivity index (χ3n) is 4.66. The van der Waals surface area contributed by atoms with Gasteiger partial charge in [-0.1, -0.05) is 13.8 Å². The van der Waals surface area contributed by atoms with E-state index >= 15 is 0 Å². The van der Waals surface area contributed by atoms with Crippen molar-refractivity contribution in [2.24, 2.45) is 5.92 Å². The van der Waals surface area contributed by atoms with Gasteiger partial charge in [-0.3, -0.25) is 0 Å². The summed E-state index contributed by atoms with van der Waals surface area (Å²) in [6.07, 6.45) is 7.49. The van der Waals surface area contributed by atoms with Crippen LogP contribution in [-0.4, -0.2) is 21.6 Å². The summed E-state index contributed by atoms with van der Waals surface area (Å²) in [5.74, 6) is 1.31. The predicted octanol–water partition coefficient (Wildman–Crippen LogP) is 4.72. The molecule has 3 heterocycles. The van der Waals surface area contributed by atoms with E-state index in [0.717, 1.165) is 34.3 Å². The lowest BCUT2D eigenvalue weighted by atomic mass is 9.87. The number of pyridine rings is 1. The van der Waals surface area contributed by atoms with E-state index in [2.05, 4.69) is 23.8 Å². The topological polar surface area (TPSA) is 47.9 Å². The van der Waals surface area contributed by atoms with Gasteiger partial charge < -0.3 is 4.74 Å². The third-order valence-corrected chi connectivity index (χ3v) is 5.72. The lowest BCUT2D eigenvalue weighted by Gasteiger charge is -2.20. The zero-order valence-electron chi connectivity index (χ0n) is 14.6. The van der Waals surface area contributed by atoms with E-state index in [1.807, 2.05) is 6.92 Å². The second-order valence-electron chi connectivity index (χ2n) is 6.89. The first-order valence-corrected chi connectivity index (χ1v) is 9.71. The summed E-state index contributed by atoms with van der Waals surface area (Å²) >= 11 is 1.68. The molecule has 0 spiro atoms. The van der Waals surface area contributed by atoms with E-state index in [-0.39, 0.29) is 0 Å². The minimum atomic E-state index is 0.616. The van der Waals surface area contributed by atoms with Crippen molar-refractivity contribution in [3.05, 3.63) is 23.1 Å². The van der Waals surface area contributed by atoms with Gasteiger partial charge in [0.15, 0.2) is 0 Å². The fourth-order valence-electron chi connectivity index (χ4n) is 3.71. The van der Waals surface area contributed by atoms with Crippen LogP contribution in [0.25, 0.3) is 20.4 Å². The zero-order valence-corrected chi connectivity index (χ0v) is 15.4. The molecule has 24 heavy (non-hydrogen) atoms. The SMILES string of the molecule is CCOc1ncnc2c1sc1nc(CC(C)C)c3c(c12)CCCC3. The predicted molar refractivity (Wildman–Crippen MR) is 99.1 cm³/mol. The minimum absolute atomic E-state index is 0.616. The van der Waals surface area contributed by atoms with Crippen LogP contribution < -0.4 is 4.74 Å². The molecule has 0 radical (unpaired) electrons. The van der Waals surface area contributed by atoms with E-state index < -0.39 is 0 Å². The van der Waals surface area contributed by atoms with E-state index in [1.54, 1.807) is 17.7 Å². The van der Waals surface area contributed by atoms with Crippen molar-refractivity contribution >= 4 is 31.8 Å². The molecule has 3 aromatic rings. The molecule has 0 bridgehead atoms. The van der Waals surface area contributed by atoms with Gasteiger partial charge in [0.1, 0.15) is 15.9 Å². The first-order chi connectivity index (χ1) is 11.7. The molecule has 4 nitrogen and oxygen atoms in total. The molecule has 0 atom stereocenters. The molecule has 0 saturated carbocycles. The molecule has 0 fully saturated rings. The maximum atomic E-state index is 5.72. The number of nitrogens with zero attached hydrogens (tertiary/aromatic N) is 3. The quantitative estimate of drug-likeness (QED) is 0.689. The fraction of sp³-hybridized carbons (Fsp3) is 0.526. The lowest BCUT2D eigenvalue weighted by Crippen LogP contribution is -2.11. The first-order valence-electron chi connectivity index (χ1n) is 8.89. The Bertz CT molecular complexity index is 901. The van der Waals surface area contributed by atoms with Crippen LogP contribution >= 0.6 is 11.3 Å². The summed E-state index contributed by atoms with van der Waals surface area (Å²) in [7, 11) is 0. The summed E-state index contributed by atoms with van der Waals surface area (Å²) in [6, 6.07) is 0. The van der Waals surface area contributed by atoms with Crippen LogP contribution in [0.5, 0.6) is 5.88 Å². The van der Waals surface area contributed by atoms with Crippen LogP contribution in [0.15, 0.2) is 6.33 Å². The number of hydrogen-bond donors (Lipinski definition) is 0. The first kappa shape index (κ1) is 15.8. The molecule has 0 aliphatic heterocycles. The number of aromatic nitrogens is 3. The Morgan fingerprint density at radius 1 is 1.17 bits per heavy atom. The van der Waals surface area contributed by atoms with E-state index in [1.165, 1.54) is 35.0 Å². The minimum Gasteiger partial charge on any atom is -0.477 e. The van der Waals surface area contributed by atoms with Gasteiger partial charge in [-0.05, 0) is 56.1 Å². The summed E-state index contributed by atoms with van der Waals surface area (Å²) in [4.78, 5) is 15.1. The highest BCUT2D eigenvalue weighted by Crippen LogP contribution is 2.41. The van der Waals surface area contributed by atoms with Crippen LogP contribution in [0, 0.1) is 5.92 Å². The standard InChI is InChI=1S/C19H23N3OS/c1-4-23-18-17-16(20-10-21-18)15-13-8-6-5-7-12(13)14(9-11(2)3)22-19(15)24-17/h10-11H,4-9H2,1-3H3. The highest BCUT2D eigenvalue weighted by Gasteiger charge is 2.23. The molecular weight excluding hydrogens is 318 g/mol. The van der Waals surface area contributed by atoms with Crippen molar-refractivity contribution in [3.63, 3.8) is 0 Å². The van der Waals surface area contributed by atoms with Crippen molar-refractivity contribution in [2.75, 3.05) is 6.61 Å². The smallest absolute Gasteiger partial charge is 0.234 e. The molecule has 0 amide bonds. The van der Waals surface area contributed by atoms with Gasteiger partial charge in [0.2, 0.25) is 5.88 Å². The Hall–Kier alpha value is -1.75. The molecule has 0 unspecified atom stereocenters. The molecule has 1 aliphatic rings. The Kier molecular flexibility index (Phi) is 4.12. The van der Waals surface area contributed by atoms with Gasteiger partial charge in [0.25, 0.3) is 0 Å². The Morgan fingerprint density at radius 3 is 2.71 bits per heavy atom.